The van der Waals surface area contributed by atoms with Crippen LogP contribution in [0, 0.1) is 12.7 Å². The molecule has 6 aromatic rings. The monoisotopic (exact) mass is 1130 g/mol. The molecule has 0 aliphatic rings. The molecule has 0 aliphatic heterocycles. The van der Waals surface area contributed by atoms with Crippen LogP contribution in [-0.2, 0) is 31.9 Å². The summed E-state index contributed by atoms with van der Waals surface area (Å²) in [5.74, 6) is 3.68. The molecule has 0 amide bonds. The number of aromatic nitrogens is 4. The first-order valence-electron chi connectivity index (χ1n) is 22.5. The van der Waals surface area contributed by atoms with Crippen LogP contribution in [0.15, 0.2) is 97.6 Å². The summed E-state index contributed by atoms with van der Waals surface area (Å²) < 4.78 is 8.80. The Bertz CT molecular complexity index is 1920. The Morgan fingerprint density at radius 3 is 0.734 bits per heavy atom. The molecule has 0 spiro atoms. The van der Waals surface area contributed by atoms with E-state index < -0.39 is 0 Å². The van der Waals surface area contributed by atoms with Gasteiger partial charge in [-0.3, -0.25) is 18.3 Å². The molecule has 2 heterocycles. The molecule has 356 valence electrons. The first kappa shape index (κ1) is 56.1. The van der Waals surface area contributed by atoms with E-state index in [0.717, 1.165) is 0 Å². The van der Waals surface area contributed by atoms with Crippen LogP contribution in [0.4, 0.5) is 0 Å². The van der Waals surface area contributed by atoms with Crippen molar-refractivity contribution in [3.63, 3.8) is 0 Å². The van der Waals surface area contributed by atoms with E-state index in [2.05, 4.69) is 239 Å². The molecule has 4 aromatic carbocycles. The van der Waals surface area contributed by atoms with Gasteiger partial charge in [0.05, 0.1) is 22.7 Å². The minimum atomic E-state index is -0.106. The fourth-order valence-electron chi connectivity index (χ4n) is 8.29. The molecule has 0 fully saturated rings. The molecule has 0 radical (unpaired) electrons. The van der Waals surface area contributed by atoms with E-state index in [1.807, 2.05) is 0 Å². The predicted octanol–water partition coefficient (Wildman–Crippen LogP) is 16.8. The third kappa shape index (κ3) is 14.4. The number of imidazole rings is 2. The van der Waals surface area contributed by atoms with Gasteiger partial charge in [-0.25, -0.2) is 0 Å². The fourth-order valence-corrected chi connectivity index (χ4v) is 8.29. The zero-order chi connectivity index (χ0) is 48.0. The van der Waals surface area contributed by atoms with Crippen LogP contribution in [0.5, 0.6) is 0 Å². The van der Waals surface area contributed by atoms with Crippen molar-refractivity contribution in [3.05, 3.63) is 155 Å². The van der Waals surface area contributed by atoms with Crippen LogP contribution >= 0.6 is 38.1 Å². The predicted molar refractivity (Wildman–Crippen MR) is 268 cm³/mol. The van der Waals surface area contributed by atoms with Gasteiger partial charge >= 0.3 is 70.0 Å². The van der Waals surface area contributed by atoms with Crippen molar-refractivity contribution in [2.75, 3.05) is 0 Å². The topological polar surface area (TPSA) is 17.6 Å². The molecule has 0 N–H and O–H groups in total. The fraction of sp³-hybridized carbons (Fsp3) is 0.444. The van der Waals surface area contributed by atoms with Crippen molar-refractivity contribution in [2.45, 2.75) is 158 Å². The van der Waals surface area contributed by atoms with Crippen LogP contribution in [-0.4, -0.2) is 9.13 Å². The van der Waals surface area contributed by atoms with E-state index >= 15 is 0 Å². The molecule has 0 saturated carbocycles. The summed E-state index contributed by atoms with van der Waals surface area (Å²) in [6, 6.07) is 26.8. The molecule has 2 aromatic heterocycles. The van der Waals surface area contributed by atoms with Crippen LogP contribution in [0.2, 0.25) is 0 Å². The van der Waals surface area contributed by atoms with E-state index in [1.54, 1.807) is 0 Å². The molecule has 0 atom stereocenters. The summed E-state index contributed by atoms with van der Waals surface area (Å²) in [7, 11) is 19.3. The van der Waals surface area contributed by atoms with Crippen molar-refractivity contribution in [3.8, 4) is 22.7 Å². The summed E-state index contributed by atoms with van der Waals surface area (Å²) in [5.41, 5.74) is 16.1. The quantitative estimate of drug-likeness (QED) is 0.0660. The summed E-state index contributed by atoms with van der Waals surface area (Å²) in [4.78, 5) is 0. The normalized spacial score (nSPS) is 11.6. The van der Waals surface area contributed by atoms with Gasteiger partial charge in [0.2, 0.25) is 0 Å². The summed E-state index contributed by atoms with van der Waals surface area (Å²) in [6.07, 6.45) is 16.0. The average Bonchev–Trinajstić information content (AvgIpc) is 3.94. The summed E-state index contributed by atoms with van der Waals surface area (Å²) in [5, 5.41) is 0. The van der Waals surface area contributed by atoms with Crippen LogP contribution in [0.1, 0.15) is 203 Å². The van der Waals surface area contributed by atoms with Crippen molar-refractivity contribution in [1.29, 1.82) is 0 Å². The second-order valence-corrected chi connectivity index (χ2v) is 23.5. The molecular formula is C54H72Cl4N4Pd2. The van der Waals surface area contributed by atoms with Crippen molar-refractivity contribution in [2.24, 2.45) is 0 Å². The van der Waals surface area contributed by atoms with Gasteiger partial charge < -0.3 is 0 Å². The number of hydrogen-bond donors (Lipinski definition) is 0. The van der Waals surface area contributed by atoms with Gasteiger partial charge in [0.15, 0.2) is 0 Å². The molecule has 6 rings (SSSR count). The first-order valence-corrected chi connectivity index (χ1v) is 30.5. The molecule has 10 heteroatoms. The second-order valence-electron chi connectivity index (χ2n) is 18.7. The van der Waals surface area contributed by atoms with E-state index in [0.29, 0.717) is 47.3 Å². The van der Waals surface area contributed by atoms with E-state index in [1.165, 1.54) is 67.3 Å². The number of nitrogens with zero attached hydrogens (tertiary/aromatic N) is 4. The maximum atomic E-state index is 4.81. The number of benzene rings is 4. The van der Waals surface area contributed by atoms with Gasteiger partial charge in [-0.05, 0) is 91.9 Å². The summed E-state index contributed by atoms with van der Waals surface area (Å²) in [6.45, 7) is 36.3. The Hall–Kier alpha value is -2.22. The number of hydrogen-bond acceptors (Lipinski definition) is 0. The van der Waals surface area contributed by atoms with E-state index in [9.17, 15) is 0 Å². The van der Waals surface area contributed by atoms with E-state index in [4.69, 9.17) is 38.1 Å². The van der Waals surface area contributed by atoms with Crippen molar-refractivity contribution < 1.29 is 41.0 Å². The molecule has 0 bridgehead atoms. The molecule has 0 unspecified atom stereocenters. The average molecular weight is 1130 g/mol. The Kier molecular flexibility index (Phi) is 23.6. The number of rotatable bonds is 12. The van der Waals surface area contributed by atoms with E-state index in [-0.39, 0.29) is 31.9 Å². The van der Waals surface area contributed by atoms with Gasteiger partial charge in [0, 0.05) is 24.8 Å². The minimum absolute atomic E-state index is 0.106. The SMILES string of the molecule is CC(C)c1cccc(C(C)C)c1-n1[c-][n+](-c2c(C(C)C)cccc2C(C)C)cc1.CC(C)c1cccc(C(C)C)c1-n1[c-][n+](-c2c(C(C)C)cccc2C(C)C)cc1.[Cl][Pd][Cl].[Cl][Pd][Cl]. The van der Waals surface area contributed by atoms with Crippen molar-refractivity contribution in [1.82, 2.24) is 9.13 Å². The van der Waals surface area contributed by atoms with Gasteiger partial charge in [-0.15, -0.1) is 0 Å². The Morgan fingerprint density at radius 2 is 0.547 bits per heavy atom. The zero-order valence-corrected chi connectivity index (χ0v) is 46.9. The van der Waals surface area contributed by atoms with Crippen LogP contribution in [0.3, 0.4) is 0 Å². The third-order valence-corrected chi connectivity index (χ3v) is 11.5. The van der Waals surface area contributed by atoms with Crippen LogP contribution in [0.25, 0.3) is 22.7 Å². The molecule has 64 heavy (non-hydrogen) atoms. The second kappa shape index (κ2) is 27.0. The third-order valence-electron chi connectivity index (χ3n) is 11.5. The van der Waals surface area contributed by atoms with Gasteiger partial charge in [0.25, 0.3) is 12.7 Å². The Morgan fingerprint density at radius 1 is 0.359 bits per heavy atom. The Labute approximate surface area is 420 Å². The van der Waals surface area contributed by atoms with Gasteiger partial charge in [-0.1, -0.05) is 184 Å². The molecule has 0 saturated heterocycles. The standard InChI is InChI=1S/2C27H36N2.4ClH.2Pd/c2*1-18(2)22-11-9-12-23(19(3)4)26(22)28-15-16-29(17-28)27-24(20(5)6)13-10-14-25(27)21(7)8;;;;;;/h2*9-16,18-21H,1-8H3;4*1H;;/q;;;;;;2*+2/p-4. The van der Waals surface area contributed by atoms with Crippen molar-refractivity contribution >= 4 is 38.1 Å². The first-order chi connectivity index (χ1) is 30.3. The number of halogens is 4. The Balaban J connectivity index is 0.000000303. The zero-order valence-electron chi connectivity index (χ0n) is 40.8. The molecule has 4 nitrogen and oxygen atoms in total. The molecule has 0 aliphatic carbocycles. The van der Waals surface area contributed by atoms with Gasteiger partial charge in [0.1, 0.15) is 0 Å². The van der Waals surface area contributed by atoms with Gasteiger partial charge in [-0.2, -0.15) is 0 Å². The number of para-hydroxylation sites is 4. The van der Waals surface area contributed by atoms with Crippen LogP contribution < -0.4 is 9.13 Å². The molecular weight excluding hydrogens is 1060 g/mol. The maximum absolute atomic E-state index is 4.81. The summed E-state index contributed by atoms with van der Waals surface area (Å²) >= 11 is -0.211.